The first-order valence-electron chi connectivity index (χ1n) is 7.35. The molecular weight excluding hydrogens is 300 g/mol. The van der Waals surface area contributed by atoms with Crippen LogP contribution in [0.2, 0.25) is 5.15 Å². The number of hydrogen-bond acceptors (Lipinski definition) is 3. The summed E-state index contributed by atoms with van der Waals surface area (Å²) in [4.78, 5) is 26.1. The van der Waals surface area contributed by atoms with E-state index in [0.717, 1.165) is 47.1 Å². The Morgan fingerprint density at radius 2 is 2.18 bits per heavy atom. The average molecular weight is 315 g/mol. The molecule has 1 saturated heterocycles. The Hall–Kier alpha value is -2.14. The molecule has 1 N–H and O–H groups in total. The first-order valence-corrected chi connectivity index (χ1v) is 7.73. The molecule has 1 atom stereocenters. The summed E-state index contributed by atoms with van der Waals surface area (Å²) in [6.45, 7) is 2.39. The first kappa shape index (κ1) is 13.5. The molecule has 5 nitrogen and oxygen atoms in total. The monoisotopic (exact) mass is 314 g/mol. The average Bonchev–Trinajstić information content (AvgIpc) is 3.12. The van der Waals surface area contributed by atoms with E-state index in [1.807, 2.05) is 29.2 Å². The Morgan fingerprint density at radius 3 is 3.00 bits per heavy atom. The molecule has 3 heterocycles. The Morgan fingerprint density at radius 1 is 1.32 bits per heavy atom. The summed E-state index contributed by atoms with van der Waals surface area (Å²) in [6, 6.07) is 7.66. The number of H-pyrrole nitrogens is 1. The van der Waals surface area contributed by atoms with Crippen LogP contribution in [0.3, 0.4) is 0 Å². The molecule has 112 valence electrons. The van der Waals surface area contributed by atoms with Crippen molar-refractivity contribution in [2.24, 2.45) is 0 Å². The van der Waals surface area contributed by atoms with E-state index < -0.39 is 0 Å². The molecule has 4 rings (SSSR count). The molecule has 2 aromatic heterocycles. The topological polar surface area (TPSA) is 61.9 Å². The summed E-state index contributed by atoms with van der Waals surface area (Å²) in [5, 5.41) is 1.58. The highest BCUT2D eigenvalue weighted by molar-refractivity contribution is 6.30. The van der Waals surface area contributed by atoms with Crippen LogP contribution in [-0.4, -0.2) is 32.3 Å². The third kappa shape index (κ3) is 2.04. The van der Waals surface area contributed by atoms with E-state index in [-0.39, 0.29) is 11.9 Å². The van der Waals surface area contributed by atoms with Gasteiger partial charge in [-0.05, 0) is 37.1 Å². The minimum atomic E-state index is -0.00349. The number of halogens is 1. The Kier molecular flexibility index (Phi) is 3.04. The van der Waals surface area contributed by atoms with Gasteiger partial charge in [0.2, 0.25) is 5.91 Å². The second-order valence-electron chi connectivity index (χ2n) is 5.65. The highest BCUT2D eigenvalue weighted by Gasteiger charge is 2.30. The van der Waals surface area contributed by atoms with Gasteiger partial charge in [-0.2, -0.15) is 0 Å². The molecule has 0 radical (unpaired) electrons. The molecule has 1 aliphatic rings. The van der Waals surface area contributed by atoms with E-state index in [0.29, 0.717) is 5.15 Å². The summed E-state index contributed by atoms with van der Waals surface area (Å²) in [5.41, 5.74) is 2.64. The third-order valence-corrected chi connectivity index (χ3v) is 4.48. The molecule has 1 amide bonds. The Balaban J connectivity index is 1.87. The lowest BCUT2D eigenvalue weighted by molar-refractivity contribution is -0.129. The van der Waals surface area contributed by atoms with Gasteiger partial charge in [-0.15, -0.1) is 0 Å². The molecule has 0 bridgehead atoms. The van der Waals surface area contributed by atoms with Crippen LogP contribution >= 0.6 is 11.6 Å². The SMILES string of the molecule is CC(=O)N1CCC[C@@H]1c1nc2ccc3[nH]c(Cl)ccc3c2n1. The molecule has 1 aliphatic heterocycles. The van der Waals surface area contributed by atoms with Crippen molar-refractivity contribution in [2.45, 2.75) is 25.8 Å². The van der Waals surface area contributed by atoms with Crippen molar-refractivity contribution in [3.05, 3.63) is 35.2 Å². The molecule has 0 spiro atoms. The number of rotatable bonds is 1. The fourth-order valence-electron chi connectivity index (χ4n) is 3.23. The van der Waals surface area contributed by atoms with Crippen LogP contribution in [0.25, 0.3) is 21.9 Å². The summed E-state index contributed by atoms with van der Waals surface area (Å²) in [6.07, 6.45) is 1.92. The fourth-order valence-corrected chi connectivity index (χ4v) is 3.40. The molecule has 0 saturated carbocycles. The van der Waals surface area contributed by atoms with Crippen molar-refractivity contribution in [3.63, 3.8) is 0 Å². The molecule has 1 fully saturated rings. The van der Waals surface area contributed by atoms with E-state index in [1.165, 1.54) is 0 Å². The summed E-state index contributed by atoms with van der Waals surface area (Å²) < 4.78 is 0. The van der Waals surface area contributed by atoms with Gasteiger partial charge < -0.3 is 9.88 Å². The number of nitrogens with zero attached hydrogens (tertiary/aromatic N) is 3. The number of amides is 1. The minimum absolute atomic E-state index is 0.00349. The first-order chi connectivity index (χ1) is 10.6. The molecule has 3 aromatic rings. The van der Waals surface area contributed by atoms with Gasteiger partial charge >= 0.3 is 0 Å². The van der Waals surface area contributed by atoms with Crippen molar-refractivity contribution in [1.29, 1.82) is 0 Å². The second kappa shape index (κ2) is 4.95. The summed E-state index contributed by atoms with van der Waals surface area (Å²) >= 11 is 6.00. The fraction of sp³-hybridized carbons (Fsp3) is 0.312. The smallest absolute Gasteiger partial charge is 0.220 e. The zero-order valence-corrected chi connectivity index (χ0v) is 12.9. The molecule has 1 aromatic carbocycles. The van der Waals surface area contributed by atoms with Crippen molar-refractivity contribution in [2.75, 3.05) is 6.54 Å². The maximum absolute atomic E-state index is 11.7. The number of carbonyl (C=O) groups excluding carboxylic acids is 1. The lowest BCUT2D eigenvalue weighted by Crippen LogP contribution is -2.28. The third-order valence-electron chi connectivity index (χ3n) is 4.26. The number of aromatic nitrogens is 3. The van der Waals surface area contributed by atoms with E-state index >= 15 is 0 Å². The van der Waals surface area contributed by atoms with Gasteiger partial charge in [0, 0.05) is 24.4 Å². The second-order valence-corrected chi connectivity index (χ2v) is 6.06. The molecular formula is C16H15ClN4O. The number of nitrogens with one attached hydrogen (secondary N) is 1. The van der Waals surface area contributed by atoms with Crippen LogP contribution in [0.5, 0.6) is 0 Å². The highest BCUT2D eigenvalue weighted by Crippen LogP contribution is 2.33. The lowest BCUT2D eigenvalue weighted by atomic mass is 10.2. The van der Waals surface area contributed by atoms with Crippen LogP contribution in [0.1, 0.15) is 31.6 Å². The Bertz CT molecular complexity index is 888. The molecule has 6 heteroatoms. The van der Waals surface area contributed by atoms with Gasteiger partial charge in [0.15, 0.2) is 5.82 Å². The van der Waals surface area contributed by atoms with E-state index in [2.05, 4.69) is 9.97 Å². The van der Waals surface area contributed by atoms with E-state index in [9.17, 15) is 4.79 Å². The van der Waals surface area contributed by atoms with Crippen molar-refractivity contribution in [3.8, 4) is 0 Å². The maximum Gasteiger partial charge on any atom is 0.220 e. The van der Waals surface area contributed by atoms with Crippen molar-refractivity contribution in [1.82, 2.24) is 19.9 Å². The number of aromatic amines is 1. The van der Waals surface area contributed by atoms with Gasteiger partial charge in [0.05, 0.1) is 11.6 Å². The van der Waals surface area contributed by atoms with Gasteiger partial charge in [-0.3, -0.25) is 4.79 Å². The molecule has 0 aliphatic carbocycles. The van der Waals surface area contributed by atoms with Crippen molar-refractivity contribution >= 4 is 39.4 Å². The number of imidazole rings is 1. The number of pyridine rings is 1. The zero-order chi connectivity index (χ0) is 15.3. The summed E-state index contributed by atoms with van der Waals surface area (Å²) in [5.74, 6) is 0.825. The standard InChI is InChI=1S/C16H15ClN4O/c1-9(22)21-8-2-3-13(21)16-19-12-6-5-11-10(15(12)20-16)4-7-14(17)18-11/h4-7,13,18H,2-3,8H2,1H3/t13-/m1/s1. The molecule has 0 unspecified atom stereocenters. The predicted octanol–water partition coefficient (Wildman–Crippen LogP) is 3.45. The number of benzene rings is 1. The normalized spacial score (nSPS) is 18.5. The van der Waals surface area contributed by atoms with Gasteiger partial charge in [0.1, 0.15) is 10.7 Å². The van der Waals surface area contributed by atoms with Crippen LogP contribution < -0.4 is 0 Å². The van der Waals surface area contributed by atoms with Crippen LogP contribution in [0.15, 0.2) is 24.3 Å². The molecule has 22 heavy (non-hydrogen) atoms. The predicted molar refractivity (Wildman–Crippen MR) is 85.8 cm³/mol. The van der Waals surface area contributed by atoms with Gasteiger partial charge in [-0.25, -0.2) is 9.97 Å². The lowest BCUT2D eigenvalue weighted by Gasteiger charge is -2.20. The number of carbonyl (C=O) groups is 1. The quantitative estimate of drug-likeness (QED) is 0.700. The van der Waals surface area contributed by atoms with Gasteiger partial charge in [0.25, 0.3) is 0 Å². The highest BCUT2D eigenvalue weighted by atomic mass is 35.5. The van der Waals surface area contributed by atoms with Crippen LogP contribution in [-0.2, 0) is 4.79 Å². The summed E-state index contributed by atoms with van der Waals surface area (Å²) in [7, 11) is 0. The largest absolute Gasteiger partial charge is 0.346 e. The Labute approximate surface area is 132 Å². The van der Waals surface area contributed by atoms with E-state index in [4.69, 9.17) is 16.6 Å². The van der Waals surface area contributed by atoms with Crippen LogP contribution in [0.4, 0.5) is 0 Å². The zero-order valence-electron chi connectivity index (χ0n) is 12.1. The number of hydrogen-bond donors (Lipinski definition) is 1. The minimum Gasteiger partial charge on any atom is -0.346 e. The van der Waals surface area contributed by atoms with Crippen LogP contribution in [0, 0.1) is 0 Å². The van der Waals surface area contributed by atoms with Gasteiger partial charge in [-0.1, -0.05) is 11.6 Å². The maximum atomic E-state index is 11.7. The van der Waals surface area contributed by atoms with E-state index in [1.54, 1.807) is 6.92 Å². The number of likely N-dealkylation sites (tertiary alicyclic amines) is 1. The van der Waals surface area contributed by atoms with Crippen molar-refractivity contribution < 1.29 is 4.79 Å². The number of fused-ring (bicyclic) bond motifs is 3.